The molecule has 0 spiro atoms. The van der Waals surface area contributed by atoms with E-state index in [4.69, 9.17) is 4.74 Å². The van der Waals surface area contributed by atoms with Gasteiger partial charge in [-0.15, -0.1) is 0 Å². The first-order valence-electron chi connectivity index (χ1n) is 10.7. The summed E-state index contributed by atoms with van der Waals surface area (Å²) in [4.78, 5) is 17.5. The zero-order chi connectivity index (χ0) is 21.1. The Bertz CT molecular complexity index is 1040. The molecule has 4 rings (SSSR count). The summed E-state index contributed by atoms with van der Waals surface area (Å²) in [6.07, 6.45) is 2.49. The summed E-state index contributed by atoms with van der Waals surface area (Å²) in [5.74, 6) is 0.787. The highest BCUT2D eigenvalue weighted by molar-refractivity contribution is 5.88. The molecule has 0 N–H and O–H groups in total. The summed E-state index contributed by atoms with van der Waals surface area (Å²) in [5.41, 5.74) is 3.52. The van der Waals surface area contributed by atoms with Gasteiger partial charge in [0.25, 0.3) is 0 Å². The van der Waals surface area contributed by atoms with Crippen LogP contribution in [0.25, 0.3) is 10.8 Å². The number of hydrogen-bond acceptors (Lipinski definition) is 3. The van der Waals surface area contributed by atoms with Gasteiger partial charge in [-0.3, -0.25) is 4.79 Å². The Hall–Kier alpha value is -3.01. The summed E-state index contributed by atoms with van der Waals surface area (Å²) >= 11 is 0. The first kappa shape index (κ1) is 20.3. The minimum Gasteiger partial charge on any atom is -0.497 e. The molecule has 1 saturated heterocycles. The van der Waals surface area contributed by atoms with E-state index in [0.717, 1.165) is 35.2 Å². The Kier molecular flexibility index (Phi) is 5.93. The number of fused-ring (bicyclic) bond motifs is 1. The predicted molar refractivity (Wildman–Crippen MR) is 123 cm³/mol. The number of carbonyl (C=O) groups excluding carboxylic acids is 1. The summed E-state index contributed by atoms with van der Waals surface area (Å²) < 4.78 is 5.31. The molecule has 4 heteroatoms. The van der Waals surface area contributed by atoms with E-state index < -0.39 is 0 Å². The van der Waals surface area contributed by atoms with Crippen molar-refractivity contribution >= 4 is 22.4 Å². The SMILES string of the molecule is COc1ccc2cc([C@H](C)C(=O)N(C)Cc3ccccc3N3CCCC3)ccc2c1. The van der Waals surface area contributed by atoms with Crippen molar-refractivity contribution in [2.24, 2.45) is 0 Å². The van der Waals surface area contributed by atoms with E-state index >= 15 is 0 Å². The Morgan fingerprint density at radius 1 is 1.03 bits per heavy atom. The Morgan fingerprint density at radius 3 is 2.50 bits per heavy atom. The van der Waals surface area contributed by atoms with Crippen molar-refractivity contribution in [2.45, 2.75) is 32.2 Å². The van der Waals surface area contributed by atoms with E-state index in [2.05, 4.69) is 47.4 Å². The van der Waals surface area contributed by atoms with Crippen LogP contribution < -0.4 is 9.64 Å². The molecule has 1 heterocycles. The van der Waals surface area contributed by atoms with E-state index in [1.165, 1.54) is 24.1 Å². The van der Waals surface area contributed by atoms with Gasteiger partial charge in [-0.25, -0.2) is 0 Å². The zero-order valence-electron chi connectivity index (χ0n) is 18.1. The summed E-state index contributed by atoms with van der Waals surface area (Å²) in [5, 5.41) is 2.24. The Morgan fingerprint density at radius 2 is 1.73 bits per heavy atom. The maximum Gasteiger partial charge on any atom is 0.229 e. The number of hydrogen-bond donors (Lipinski definition) is 0. The van der Waals surface area contributed by atoms with Gasteiger partial charge in [0.05, 0.1) is 13.0 Å². The van der Waals surface area contributed by atoms with Crippen LogP contribution in [0.1, 0.15) is 36.8 Å². The van der Waals surface area contributed by atoms with Crippen LogP contribution in [0, 0.1) is 0 Å². The van der Waals surface area contributed by atoms with E-state index in [-0.39, 0.29) is 11.8 Å². The van der Waals surface area contributed by atoms with Gasteiger partial charge in [0, 0.05) is 32.4 Å². The maximum atomic E-state index is 13.2. The standard InChI is InChI=1S/C26H30N2O2/c1-19(20-10-11-22-17-24(30-3)13-12-21(22)16-20)26(29)27(2)18-23-8-4-5-9-25(23)28-14-6-7-15-28/h4-5,8-13,16-17,19H,6-7,14-15,18H2,1-3H3/t19-/m0/s1. The second-order valence-electron chi connectivity index (χ2n) is 8.21. The molecule has 156 valence electrons. The third kappa shape index (κ3) is 4.13. The van der Waals surface area contributed by atoms with Crippen LogP contribution in [-0.2, 0) is 11.3 Å². The van der Waals surface area contributed by atoms with Crippen molar-refractivity contribution < 1.29 is 9.53 Å². The fourth-order valence-electron chi connectivity index (χ4n) is 4.36. The van der Waals surface area contributed by atoms with E-state index in [1.54, 1.807) is 7.11 Å². The molecule has 0 aliphatic carbocycles. The summed E-state index contributed by atoms with van der Waals surface area (Å²) in [6.45, 7) is 4.83. The van der Waals surface area contributed by atoms with Crippen LogP contribution in [0.4, 0.5) is 5.69 Å². The van der Waals surface area contributed by atoms with Crippen LogP contribution in [0.5, 0.6) is 5.75 Å². The molecule has 0 radical (unpaired) electrons. The molecule has 1 atom stereocenters. The molecule has 0 aromatic heterocycles. The monoisotopic (exact) mass is 402 g/mol. The minimum atomic E-state index is -0.194. The largest absolute Gasteiger partial charge is 0.497 e. The van der Waals surface area contributed by atoms with Gasteiger partial charge in [0.1, 0.15) is 5.75 Å². The molecule has 1 amide bonds. The fourth-order valence-corrected chi connectivity index (χ4v) is 4.36. The molecule has 0 bridgehead atoms. The highest BCUT2D eigenvalue weighted by atomic mass is 16.5. The lowest BCUT2D eigenvalue weighted by atomic mass is 9.96. The van der Waals surface area contributed by atoms with Crippen molar-refractivity contribution in [3.63, 3.8) is 0 Å². The predicted octanol–water partition coefficient (Wildman–Crippen LogP) is 5.21. The van der Waals surface area contributed by atoms with Gasteiger partial charge in [0.2, 0.25) is 5.91 Å². The molecule has 3 aromatic carbocycles. The van der Waals surface area contributed by atoms with Crippen molar-refractivity contribution in [3.05, 3.63) is 71.8 Å². The number of para-hydroxylation sites is 1. The lowest BCUT2D eigenvalue weighted by Crippen LogP contribution is -2.31. The summed E-state index contributed by atoms with van der Waals surface area (Å²) in [7, 11) is 3.58. The van der Waals surface area contributed by atoms with Crippen LogP contribution in [0.15, 0.2) is 60.7 Å². The minimum absolute atomic E-state index is 0.138. The molecule has 0 saturated carbocycles. The fraction of sp³-hybridized carbons (Fsp3) is 0.346. The lowest BCUT2D eigenvalue weighted by Gasteiger charge is -2.26. The number of carbonyl (C=O) groups is 1. The van der Waals surface area contributed by atoms with Crippen molar-refractivity contribution in [3.8, 4) is 5.75 Å². The van der Waals surface area contributed by atoms with Crippen LogP contribution in [0.2, 0.25) is 0 Å². The molecule has 30 heavy (non-hydrogen) atoms. The van der Waals surface area contributed by atoms with Crippen LogP contribution >= 0.6 is 0 Å². The molecule has 0 unspecified atom stereocenters. The smallest absolute Gasteiger partial charge is 0.229 e. The normalized spacial score (nSPS) is 14.7. The van der Waals surface area contributed by atoms with E-state index in [0.29, 0.717) is 6.54 Å². The molecular formula is C26H30N2O2. The van der Waals surface area contributed by atoms with Gasteiger partial charge in [0.15, 0.2) is 0 Å². The number of amides is 1. The van der Waals surface area contributed by atoms with Gasteiger partial charge in [-0.1, -0.05) is 42.5 Å². The van der Waals surface area contributed by atoms with Crippen molar-refractivity contribution in [2.75, 3.05) is 32.1 Å². The summed E-state index contributed by atoms with van der Waals surface area (Å²) in [6, 6.07) is 20.7. The number of anilines is 1. The zero-order valence-corrected chi connectivity index (χ0v) is 18.1. The van der Waals surface area contributed by atoms with Crippen LogP contribution in [0.3, 0.4) is 0 Å². The highest BCUT2D eigenvalue weighted by Gasteiger charge is 2.22. The quantitative estimate of drug-likeness (QED) is 0.567. The average Bonchev–Trinajstić information content (AvgIpc) is 3.32. The van der Waals surface area contributed by atoms with E-state index in [9.17, 15) is 4.79 Å². The number of ether oxygens (including phenoxy) is 1. The topological polar surface area (TPSA) is 32.8 Å². The number of rotatable bonds is 6. The highest BCUT2D eigenvalue weighted by Crippen LogP contribution is 2.28. The molecule has 1 fully saturated rings. The first-order chi connectivity index (χ1) is 14.6. The second kappa shape index (κ2) is 8.78. The number of benzene rings is 3. The number of nitrogens with zero attached hydrogens (tertiary/aromatic N) is 2. The molecule has 4 nitrogen and oxygen atoms in total. The third-order valence-corrected chi connectivity index (χ3v) is 6.16. The Labute approximate surface area is 179 Å². The third-order valence-electron chi connectivity index (χ3n) is 6.16. The van der Waals surface area contributed by atoms with Crippen LogP contribution in [-0.4, -0.2) is 38.1 Å². The number of methoxy groups -OCH3 is 1. The lowest BCUT2D eigenvalue weighted by molar-refractivity contribution is -0.131. The molecule has 3 aromatic rings. The van der Waals surface area contributed by atoms with Gasteiger partial charge < -0.3 is 14.5 Å². The van der Waals surface area contributed by atoms with Gasteiger partial charge in [-0.05, 0) is 59.9 Å². The van der Waals surface area contributed by atoms with Gasteiger partial charge in [-0.2, -0.15) is 0 Å². The molecule has 1 aliphatic rings. The van der Waals surface area contributed by atoms with Crippen molar-refractivity contribution in [1.82, 2.24) is 4.90 Å². The van der Waals surface area contributed by atoms with Crippen molar-refractivity contribution in [1.29, 1.82) is 0 Å². The maximum absolute atomic E-state index is 13.2. The van der Waals surface area contributed by atoms with E-state index in [1.807, 2.05) is 37.1 Å². The number of likely N-dealkylation sites (N-methyl/N-ethyl adjacent to an activating group) is 1. The molecule has 1 aliphatic heterocycles. The Balaban J connectivity index is 1.51. The second-order valence-corrected chi connectivity index (χ2v) is 8.21. The molecular weight excluding hydrogens is 372 g/mol. The van der Waals surface area contributed by atoms with Gasteiger partial charge >= 0.3 is 0 Å². The first-order valence-corrected chi connectivity index (χ1v) is 10.7. The average molecular weight is 403 g/mol.